The molecule has 0 radical (unpaired) electrons. The molecule has 0 aliphatic carbocycles. The van der Waals surface area contributed by atoms with E-state index in [0.29, 0.717) is 22.7 Å². The van der Waals surface area contributed by atoms with Crippen molar-refractivity contribution < 1.29 is 9.90 Å². The maximum absolute atomic E-state index is 12.6. The first-order valence-corrected chi connectivity index (χ1v) is 7.51. The molecule has 0 fully saturated rings. The molecule has 1 aromatic carbocycles. The zero-order valence-electron chi connectivity index (χ0n) is 12.1. The van der Waals surface area contributed by atoms with Gasteiger partial charge < -0.3 is 10.4 Å². The number of carbonyl (C=O) groups is 1. The van der Waals surface area contributed by atoms with E-state index in [4.69, 9.17) is 0 Å². The molecule has 1 amide bonds. The minimum atomic E-state index is -0.316. The van der Waals surface area contributed by atoms with E-state index < -0.39 is 0 Å². The van der Waals surface area contributed by atoms with Crippen molar-refractivity contribution in [3.63, 3.8) is 0 Å². The van der Waals surface area contributed by atoms with Gasteiger partial charge in [0.05, 0.1) is 15.9 Å². The van der Waals surface area contributed by atoms with Crippen LogP contribution >= 0.6 is 15.9 Å². The number of amides is 1. The highest BCUT2D eigenvalue weighted by Gasteiger charge is 2.19. The maximum atomic E-state index is 12.6. The van der Waals surface area contributed by atoms with Gasteiger partial charge in [0.15, 0.2) is 5.65 Å². The highest BCUT2D eigenvalue weighted by molar-refractivity contribution is 9.10. The average Bonchev–Trinajstić information content (AvgIpc) is 2.78. The average molecular weight is 360 g/mol. The number of halogens is 1. The number of hydrogen-bond donors (Lipinski definition) is 2. The zero-order chi connectivity index (χ0) is 15.9. The molecule has 2 aromatic heterocycles. The Labute approximate surface area is 135 Å². The van der Waals surface area contributed by atoms with Crippen LogP contribution in [0.25, 0.3) is 5.65 Å². The van der Waals surface area contributed by atoms with Crippen LogP contribution in [0, 0.1) is 13.8 Å². The lowest BCUT2D eigenvalue weighted by Gasteiger charge is -2.08. The summed E-state index contributed by atoms with van der Waals surface area (Å²) in [6.45, 7) is 3.73. The van der Waals surface area contributed by atoms with Gasteiger partial charge >= 0.3 is 0 Å². The normalized spacial score (nSPS) is 10.9. The fourth-order valence-electron chi connectivity index (χ4n) is 2.38. The maximum Gasteiger partial charge on any atom is 0.274 e. The standard InChI is InChI=1S/C16H14BrN3O2/c1-9-7-11(17)15-18-10(2)14(20(15)8-9)16(22)19-12-5-3-4-6-13(12)21/h3-8,21H,1-2H3,(H,19,22). The monoisotopic (exact) mass is 359 g/mol. The number of rotatable bonds is 2. The van der Waals surface area contributed by atoms with Gasteiger partial charge in [-0.25, -0.2) is 4.98 Å². The van der Waals surface area contributed by atoms with Crippen LogP contribution in [-0.2, 0) is 0 Å². The molecule has 0 bridgehead atoms. The Morgan fingerprint density at radius 2 is 2.05 bits per heavy atom. The third-order valence-electron chi connectivity index (χ3n) is 3.35. The number of anilines is 1. The molecule has 5 nitrogen and oxygen atoms in total. The Hall–Kier alpha value is -2.34. The van der Waals surface area contributed by atoms with Crippen molar-refractivity contribution in [1.82, 2.24) is 9.38 Å². The van der Waals surface area contributed by atoms with E-state index in [2.05, 4.69) is 26.2 Å². The van der Waals surface area contributed by atoms with Crippen molar-refractivity contribution in [3.05, 3.63) is 58.0 Å². The van der Waals surface area contributed by atoms with E-state index in [-0.39, 0.29) is 11.7 Å². The molecule has 0 saturated carbocycles. The van der Waals surface area contributed by atoms with Gasteiger partial charge in [-0.2, -0.15) is 0 Å². The van der Waals surface area contributed by atoms with Gasteiger partial charge in [-0.15, -0.1) is 0 Å². The highest BCUT2D eigenvalue weighted by atomic mass is 79.9. The third-order valence-corrected chi connectivity index (χ3v) is 3.94. The van der Waals surface area contributed by atoms with Crippen LogP contribution in [0.1, 0.15) is 21.7 Å². The Morgan fingerprint density at radius 3 is 2.77 bits per heavy atom. The fraction of sp³-hybridized carbons (Fsp3) is 0.125. The van der Waals surface area contributed by atoms with Crippen LogP contribution in [0.3, 0.4) is 0 Å². The number of phenols is 1. The van der Waals surface area contributed by atoms with Crippen molar-refractivity contribution in [2.24, 2.45) is 0 Å². The molecule has 0 saturated heterocycles. The SMILES string of the molecule is Cc1cc(Br)c2nc(C)c(C(=O)Nc3ccccc3O)n2c1. The first-order chi connectivity index (χ1) is 10.5. The molecule has 2 heterocycles. The minimum Gasteiger partial charge on any atom is -0.506 e. The number of pyridine rings is 1. The molecule has 6 heteroatoms. The summed E-state index contributed by atoms with van der Waals surface area (Å²) in [6.07, 6.45) is 1.86. The quantitative estimate of drug-likeness (QED) is 0.686. The van der Waals surface area contributed by atoms with Crippen molar-refractivity contribution in [3.8, 4) is 5.75 Å². The number of aromatic nitrogens is 2. The van der Waals surface area contributed by atoms with E-state index in [1.165, 1.54) is 6.07 Å². The molecular formula is C16H14BrN3O2. The Kier molecular flexibility index (Phi) is 3.62. The Bertz CT molecular complexity index is 886. The second kappa shape index (κ2) is 5.46. The second-order valence-corrected chi connectivity index (χ2v) is 5.93. The molecule has 0 atom stereocenters. The molecule has 3 aromatic rings. The third kappa shape index (κ3) is 2.46. The molecule has 0 aliphatic rings. The molecule has 112 valence electrons. The summed E-state index contributed by atoms with van der Waals surface area (Å²) >= 11 is 3.47. The van der Waals surface area contributed by atoms with Crippen LogP contribution in [0.2, 0.25) is 0 Å². The first-order valence-electron chi connectivity index (χ1n) is 6.71. The lowest BCUT2D eigenvalue weighted by atomic mass is 10.2. The number of phenolic OH excluding ortho intramolecular Hbond substituents is 1. The number of aryl methyl sites for hydroxylation is 2. The van der Waals surface area contributed by atoms with E-state index in [9.17, 15) is 9.90 Å². The van der Waals surface area contributed by atoms with E-state index >= 15 is 0 Å². The van der Waals surface area contributed by atoms with Crippen molar-refractivity contribution >= 4 is 33.2 Å². The van der Waals surface area contributed by atoms with E-state index in [1.54, 1.807) is 29.5 Å². The summed E-state index contributed by atoms with van der Waals surface area (Å²) in [7, 11) is 0. The van der Waals surface area contributed by atoms with Gasteiger partial charge in [-0.1, -0.05) is 12.1 Å². The number of carbonyl (C=O) groups excluding carboxylic acids is 1. The lowest BCUT2D eigenvalue weighted by molar-refractivity contribution is 0.102. The smallest absolute Gasteiger partial charge is 0.274 e. The number of para-hydroxylation sites is 2. The summed E-state index contributed by atoms with van der Waals surface area (Å²) in [5.74, 6) is -0.288. The summed E-state index contributed by atoms with van der Waals surface area (Å²) in [4.78, 5) is 17.0. The summed E-state index contributed by atoms with van der Waals surface area (Å²) in [5.41, 5.74) is 3.13. The molecule has 2 N–H and O–H groups in total. The topological polar surface area (TPSA) is 66.6 Å². The molecule has 22 heavy (non-hydrogen) atoms. The Morgan fingerprint density at radius 1 is 1.32 bits per heavy atom. The van der Waals surface area contributed by atoms with Gasteiger partial charge in [0.25, 0.3) is 5.91 Å². The van der Waals surface area contributed by atoms with Crippen LogP contribution in [0.5, 0.6) is 5.75 Å². The van der Waals surface area contributed by atoms with Crippen molar-refractivity contribution in [1.29, 1.82) is 0 Å². The van der Waals surface area contributed by atoms with Crippen LogP contribution in [-0.4, -0.2) is 20.4 Å². The zero-order valence-corrected chi connectivity index (χ0v) is 13.7. The Balaban J connectivity index is 2.08. The van der Waals surface area contributed by atoms with Crippen molar-refractivity contribution in [2.75, 3.05) is 5.32 Å². The number of nitrogens with one attached hydrogen (secondary N) is 1. The molecule has 0 unspecified atom stereocenters. The largest absolute Gasteiger partial charge is 0.506 e. The predicted molar refractivity (Wildman–Crippen MR) is 88.4 cm³/mol. The summed E-state index contributed by atoms with van der Waals surface area (Å²) in [5, 5.41) is 12.5. The molecule has 3 rings (SSSR count). The van der Waals surface area contributed by atoms with Gasteiger partial charge in [0, 0.05) is 6.20 Å². The first kappa shape index (κ1) is 14.6. The predicted octanol–water partition coefficient (Wildman–Crippen LogP) is 3.67. The summed E-state index contributed by atoms with van der Waals surface area (Å²) < 4.78 is 2.58. The van der Waals surface area contributed by atoms with E-state index in [1.807, 2.05) is 19.2 Å². The molecule has 0 aliphatic heterocycles. The van der Waals surface area contributed by atoms with Crippen LogP contribution < -0.4 is 5.32 Å². The number of benzene rings is 1. The van der Waals surface area contributed by atoms with Gasteiger partial charge in [-0.3, -0.25) is 9.20 Å². The van der Waals surface area contributed by atoms with E-state index in [0.717, 1.165) is 10.0 Å². The number of fused-ring (bicyclic) bond motifs is 1. The fourth-order valence-corrected chi connectivity index (χ4v) is 3.02. The number of nitrogens with zero attached hydrogens (tertiary/aromatic N) is 2. The highest BCUT2D eigenvalue weighted by Crippen LogP contribution is 2.25. The second-order valence-electron chi connectivity index (χ2n) is 5.08. The van der Waals surface area contributed by atoms with Gasteiger partial charge in [0.2, 0.25) is 0 Å². The minimum absolute atomic E-state index is 0.0275. The van der Waals surface area contributed by atoms with Crippen LogP contribution in [0.4, 0.5) is 5.69 Å². The van der Waals surface area contributed by atoms with Gasteiger partial charge in [-0.05, 0) is 53.5 Å². The number of hydrogen-bond acceptors (Lipinski definition) is 3. The molecular weight excluding hydrogens is 346 g/mol. The number of aromatic hydroxyl groups is 1. The van der Waals surface area contributed by atoms with Gasteiger partial charge in [0.1, 0.15) is 11.4 Å². The van der Waals surface area contributed by atoms with Crippen molar-refractivity contribution in [2.45, 2.75) is 13.8 Å². The summed E-state index contributed by atoms with van der Waals surface area (Å²) in [6, 6.07) is 8.57. The lowest BCUT2D eigenvalue weighted by Crippen LogP contribution is -2.15. The van der Waals surface area contributed by atoms with Crippen LogP contribution in [0.15, 0.2) is 41.0 Å². The molecule has 0 spiro atoms. The number of imidazole rings is 1.